The van der Waals surface area contributed by atoms with Crippen LogP contribution >= 0.6 is 15.9 Å². The molecule has 0 spiro atoms. The number of carboxylic acids is 1. The molecular weight excluding hydrogens is 305 g/mol. The first kappa shape index (κ1) is 13.0. The smallest absolute Gasteiger partial charge is 0.329 e. The van der Waals surface area contributed by atoms with Gasteiger partial charge in [0, 0.05) is 4.47 Å². The van der Waals surface area contributed by atoms with Crippen LogP contribution in [-0.4, -0.2) is 22.5 Å². The topological polar surface area (TPSA) is 66.4 Å². The van der Waals surface area contributed by atoms with Crippen LogP contribution < -0.4 is 5.32 Å². The van der Waals surface area contributed by atoms with Crippen LogP contribution in [0.3, 0.4) is 0 Å². The molecule has 0 radical (unpaired) electrons. The number of carbonyl (C=O) groups excluding carboxylic acids is 1. The van der Waals surface area contributed by atoms with Crippen LogP contribution in [0.15, 0.2) is 22.7 Å². The Kier molecular flexibility index (Phi) is 3.38. The van der Waals surface area contributed by atoms with Gasteiger partial charge in [-0.3, -0.25) is 4.79 Å². The zero-order valence-electron chi connectivity index (χ0n) is 9.37. The van der Waals surface area contributed by atoms with Gasteiger partial charge in [-0.2, -0.15) is 0 Å². The number of benzene rings is 1. The van der Waals surface area contributed by atoms with Gasteiger partial charge in [0.1, 0.15) is 11.4 Å². The van der Waals surface area contributed by atoms with E-state index in [4.69, 9.17) is 5.11 Å². The number of rotatable bonds is 3. The van der Waals surface area contributed by atoms with Crippen LogP contribution in [0, 0.1) is 5.82 Å². The van der Waals surface area contributed by atoms with Crippen molar-refractivity contribution in [3.8, 4) is 0 Å². The van der Waals surface area contributed by atoms with Crippen molar-refractivity contribution in [3.63, 3.8) is 0 Å². The molecule has 0 saturated heterocycles. The molecule has 1 aliphatic rings. The Morgan fingerprint density at radius 2 is 2.06 bits per heavy atom. The fourth-order valence-electron chi connectivity index (χ4n) is 1.92. The SMILES string of the molecule is O=C(NC1(C(=O)O)CCC1)c1c(F)cccc1Br. The van der Waals surface area contributed by atoms with Gasteiger partial charge in [0.25, 0.3) is 5.91 Å². The summed E-state index contributed by atoms with van der Waals surface area (Å²) < 4.78 is 13.9. The lowest BCUT2D eigenvalue weighted by Crippen LogP contribution is -2.59. The average molecular weight is 316 g/mol. The molecule has 0 aliphatic heterocycles. The van der Waals surface area contributed by atoms with Crippen molar-refractivity contribution >= 4 is 27.8 Å². The van der Waals surface area contributed by atoms with E-state index in [1.165, 1.54) is 12.1 Å². The predicted molar refractivity (Wildman–Crippen MR) is 65.8 cm³/mol. The van der Waals surface area contributed by atoms with Gasteiger partial charge >= 0.3 is 5.97 Å². The van der Waals surface area contributed by atoms with E-state index < -0.39 is 23.2 Å². The fourth-order valence-corrected chi connectivity index (χ4v) is 2.44. The van der Waals surface area contributed by atoms with Gasteiger partial charge in [0.15, 0.2) is 0 Å². The van der Waals surface area contributed by atoms with E-state index in [0.29, 0.717) is 17.3 Å². The number of carboxylic acid groups (broad SMARTS) is 1. The highest BCUT2D eigenvalue weighted by atomic mass is 79.9. The number of hydrogen-bond acceptors (Lipinski definition) is 2. The van der Waals surface area contributed by atoms with E-state index in [9.17, 15) is 14.0 Å². The van der Waals surface area contributed by atoms with Crippen molar-refractivity contribution < 1.29 is 19.1 Å². The minimum Gasteiger partial charge on any atom is -0.480 e. The first-order chi connectivity index (χ1) is 8.46. The van der Waals surface area contributed by atoms with Gasteiger partial charge in [0.05, 0.1) is 5.56 Å². The largest absolute Gasteiger partial charge is 0.480 e. The van der Waals surface area contributed by atoms with Crippen LogP contribution in [0.5, 0.6) is 0 Å². The van der Waals surface area contributed by atoms with Crippen LogP contribution in [0.2, 0.25) is 0 Å². The van der Waals surface area contributed by atoms with Crippen molar-refractivity contribution in [1.82, 2.24) is 5.32 Å². The summed E-state index contributed by atoms with van der Waals surface area (Å²) >= 11 is 3.08. The molecule has 1 amide bonds. The maximum atomic E-state index is 13.6. The summed E-state index contributed by atoms with van der Waals surface area (Å²) in [7, 11) is 0. The highest BCUT2D eigenvalue weighted by Gasteiger charge is 2.46. The molecule has 6 heteroatoms. The predicted octanol–water partition coefficient (Wildman–Crippen LogP) is 2.33. The Morgan fingerprint density at radius 1 is 1.39 bits per heavy atom. The summed E-state index contributed by atoms with van der Waals surface area (Å²) in [6.07, 6.45) is 1.49. The second kappa shape index (κ2) is 4.68. The van der Waals surface area contributed by atoms with Gasteiger partial charge in [0.2, 0.25) is 0 Å². The van der Waals surface area contributed by atoms with Crippen LogP contribution in [0.1, 0.15) is 29.6 Å². The first-order valence-electron chi connectivity index (χ1n) is 5.46. The summed E-state index contributed by atoms with van der Waals surface area (Å²) in [5.74, 6) is -2.46. The molecule has 1 aliphatic carbocycles. The molecule has 0 unspecified atom stereocenters. The van der Waals surface area contributed by atoms with Crippen molar-refractivity contribution in [2.75, 3.05) is 0 Å². The second-order valence-electron chi connectivity index (χ2n) is 4.29. The van der Waals surface area contributed by atoms with E-state index in [2.05, 4.69) is 21.2 Å². The quantitative estimate of drug-likeness (QED) is 0.899. The van der Waals surface area contributed by atoms with Gasteiger partial charge in [-0.25, -0.2) is 9.18 Å². The van der Waals surface area contributed by atoms with Crippen LogP contribution in [-0.2, 0) is 4.79 Å². The molecule has 0 bridgehead atoms. The second-order valence-corrected chi connectivity index (χ2v) is 5.15. The van der Waals surface area contributed by atoms with Gasteiger partial charge in [-0.05, 0) is 47.3 Å². The molecule has 18 heavy (non-hydrogen) atoms. The Labute approximate surface area is 111 Å². The molecular formula is C12H11BrFNO3. The number of hydrogen-bond donors (Lipinski definition) is 2. The van der Waals surface area contributed by atoms with Crippen molar-refractivity contribution in [3.05, 3.63) is 34.1 Å². The molecule has 1 fully saturated rings. The molecule has 2 N–H and O–H groups in total. The number of aliphatic carboxylic acids is 1. The zero-order chi connectivity index (χ0) is 13.3. The van der Waals surface area contributed by atoms with Gasteiger partial charge in [-0.15, -0.1) is 0 Å². The van der Waals surface area contributed by atoms with Crippen LogP contribution in [0.25, 0.3) is 0 Å². The Bertz CT molecular complexity index is 494. The van der Waals surface area contributed by atoms with E-state index in [1.807, 2.05) is 0 Å². The third-order valence-corrected chi connectivity index (χ3v) is 3.82. The number of halogens is 2. The Morgan fingerprint density at radius 3 is 2.50 bits per heavy atom. The van der Waals surface area contributed by atoms with E-state index in [1.54, 1.807) is 0 Å². The maximum absolute atomic E-state index is 13.6. The molecule has 1 aromatic rings. The lowest BCUT2D eigenvalue weighted by Gasteiger charge is -2.38. The molecule has 96 valence electrons. The summed E-state index contributed by atoms with van der Waals surface area (Å²) in [5, 5.41) is 11.5. The summed E-state index contributed by atoms with van der Waals surface area (Å²) in [6, 6.07) is 4.16. The number of amides is 1. The highest BCUT2D eigenvalue weighted by molar-refractivity contribution is 9.10. The van der Waals surface area contributed by atoms with Crippen LogP contribution in [0.4, 0.5) is 4.39 Å². The highest BCUT2D eigenvalue weighted by Crippen LogP contribution is 2.33. The summed E-state index contributed by atoms with van der Waals surface area (Å²) in [6.45, 7) is 0. The molecule has 0 aromatic heterocycles. The standard InChI is InChI=1S/C12H11BrFNO3/c13-7-3-1-4-8(14)9(7)10(16)15-12(11(17)18)5-2-6-12/h1,3-4H,2,5-6H2,(H,15,16)(H,17,18). The minimum atomic E-state index is -1.24. The van der Waals surface area contributed by atoms with Crippen molar-refractivity contribution in [1.29, 1.82) is 0 Å². The molecule has 2 rings (SSSR count). The summed E-state index contributed by atoms with van der Waals surface area (Å²) in [5.41, 5.74) is -1.40. The Hall–Kier alpha value is -1.43. The lowest BCUT2D eigenvalue weighted by atomic mass is 9.76. The molecule has 0 atom stereocenters. The maximum Gasteiger partial charge on any atom is 0.329 e. The van der Waals surface area contributed by atoms with E-state index >= 15 is 0 Å². The normalized spacial score (nSPS) is 16.8. The fraction of sp³-hybridized carbons (Fsp3) is 0.333. The minimum absolute atomic E-state index is 0.162. The molecule has 1 aromatic carbocycles. The average Bonchev–Trinajstić information content (AvgIpc) is 2.22. The lowest BCUT2D eigenvalue weighted by molar-refractivity contribution is -0.148. The van der Waals surface area contributed by atoms with Crippen molar-refractivity contribution in [2.24, 2.45) is 0 Å². The summed E-state index contributed by atoms with van der Waals surface area (Å²) in [4.78, 5) is 23.1. The van der Waals surface area contributed by atoms with Crippen molar-refractivity contribution in [2.45, 2.75) is 24.8 Å². The van der Waals surface area contributed by atoms with E-state index in [0.717, 1.165) is 12.5 Å². The number of carbonyl (C=O) groups is 2. The van der Waals surface area contributed by atoms with Gasteiger partial charge < -0.3 is 10.4 Å². The van der Waals surface area contributed by atoms with Gasteiger partial charge in [-0.1, -0.05) is 6.07 Å². The molecule has 0 heterocycles. The monoisotopic (exact) mass is 315 g/mol. The Balaban J connectivity index is 2.25. The number of nitrogens with one attached hydrogen (secondary N) is 1. The first-order valence-corrected chi connectivity index (χ1v) is 6.25. The third-order valence-electron chi connectivity index (χ3n) is 3.16. The van der Waals surface area contributed by atoms with E-state index in [-0.39, 0.29) is 5.56 Å². The molecule has 1 saturated carbocycles. The third kappa shape index (κ3) is 2.12. The zero-order valence-corrected chi connectivity index (χ0v) is 11.0. The molecule has 4 nitrogen and oxygen atoms in total.